The monoisotopic (exact) mass is 172 g/mol. The molecule has 2 nitrogen and oxygen atoms in total. The molecule has 0 amide bonds. The standard InChI is InChI=1S/C10H22NO/c1-3-4-7-11(10-12-2)8-5-6-9-11/h3-10H2,1-2H3/q+1. The largest absolute Gasteiger partial charge is 0.335 e. The zero-order chi connectivity index (χ0) is 8.86. The molecule has 0 N–H and O–H groups in total. The van der Waals surface area contributed by atoms with E-state index in [1.54, 1.807) is 0 Å². The molecular weight excluding hydrogens is 150 g/mol. The Labute approximate surface area is 76.1 Å². The molecule has 0 radical (unpaired) electrons. The van der Waals surface area contributed by atoms with Crippen molar-refractivity contribution in [3.8, 4) is 0 Å². The first-order valence-corrected chi connectivity index (χ1v) is 5.17. The van der Waals surface area contributed by atoms with Gasteiger partial charge in [0.2, 0.25) is 0 Å². The van der Waals surface area contributed by atoms with Gasteiger partial charge >= 0.3 is 0 Å². The van der Waals surface area contributed by atoms with E-state index in [1.165, 1.54) is 49.8 Å². The second kappa shape index (κ2) is 4.83. The Balaban J connectivity index is 2.35. The molecule has 1 saturated heterocycles. The normalized spacial score (nSPS) is 21.5. The SMILES string of the molecule is CCCC[N+]1(COC)CCCC1. The van der Waals surface area contributed by atoms with Gasteiger partial charge < -0.3 is 9.22 Å². The molecule has 0 atom stereocenters. The highest BCUT2D eigenvalue weighted by molar-refractivity contribution is 4.52. The number of nitrogens with zero attached hydrogens (tertiary/aromatic N) is 1. The maximum atomic E-state index is 5.30. The lowest BCUT2D eigenvalue weighted by Crippen LogP contribution is -2.47. The van der Waals surface area contributed by atoms with Crippen LogP contribution in [-0.2, 0) is 4.74 Å². The van der Waals surface area contributed by atoms with Crippen molar-refractivity contribution in [1.82, 2.24) is 0 Å². The molecule has 0 saturated carbocycles. The number of quaternary nitrogens is 1. The van der Waals surface area contributed by atoms with Crippen LogP contribution in [0.3, 0.4) is 0 Å². The van der Waals surface area contributed by atoms with Gasteiger partial charge in [-0.15, -0.1) is 0 Å². The second-order valence-corrected chi connectivity index (χ2v) is 3.99. The van der Waals surface area contributed by atoms with E-state index in [9.17, 15) is 0 Å². The molecule has 1 heterocycles. The molecule has 0 aromatic rings. The van der Waals surface area contributed by atoms with Crippen molar-refractivity contribution in [3.05, 3.63) is 0 Å². The van der Waals surface area contributed by atoms with E-state index in [-0.39, 0.29) is 0 Å². The molecule has 12 heavy (non-hydrogen) atoms. The summed E-state index contributed by atoms with van der Waals surface area (Å²) < 4.78 is 6.52. The van der Waals surface area contributed by atoms with Gasteiger partial charge in [0.1, 0.15) is 0 Å². The van der Waals surface area contributed by atoms with Crippen molar-refractivity contribution in [1.29, 1.82) is 0 Å². The Morgan fingerprint density at radius 1 is 1.25 bits per heavy atom. The topological polar surface area (TPSA) is 9.23 Å². The minimum Gasteiger partial charge on any atom is -0.335 e. The lowest BCUT2D eigenvalue weighted by Gasteiger charge is -2.33. The molecule has 0 aromatic carbocycles. The summed E-state index contributed by atoms with van der Waals surface area (Å²) in [7, 11) is 1.82. The number of hydrogen-bond acceptors (Lipinski definition) is 1. The van der Waals surface area contributed by atoms with Crippen molar-refractivity contribution < 1.29 is 9.22 Å². The van der Waals surface area contributed by atoms with Gasteiger partial charge in [-0.05, 0) is 6.42 Å². The minimum atomic E-state index is 0.931. The first-order chi connectivity index (χ1) is 5.83. The summed E-state index contributed by atoms with van der Waals surface area (Å²) in [5.74, 6) is 0. The number of likely N-dealkylation sites (tertiary alicyclic amines) is 1. The third-order valence-corrected chi connectivity index (χ3v) is 2.90. The molecule has 0 bridgehead atoms. The molecule has 1 rings (SSSR count). The summed E-state index contributed by atoms with van der Waals surface area (Å²) in [6, 6.07) is 0. The Kier molecular flexibility index (Phi) is 4.02. The number of ether oxygens (including phenoxy) is 1. The number of hydrogen-bond donors (Lipinski definition) is 0. The maximum Gasteiger partial charge on any atom is 0.182 e. The van der Waals surface area contributed by atoms with Gasteiger partial charge in [-0.25, -0.2) is 0 Å². The van der Waals surface area contributed by atoms with Crippen LogP contribution in [0.4, 0.5) is 0 Å². The van der Waals surface area contributed by atoms with Crippen molar-refractivity contribution >= 4 is 0 Å². The van der Waals surface area contributed by atoms with E-state index in [4.69, 9.17) is 4.74 Å². The van der Waals surface area contributed by atoms with Gasteiger partial charge in [-0.1, -0.05) is 13.3 Å². The minimum absolute atomic E-state index is 0.931. The maximum absolute atomic E-state index is 5.30. The van der Waals surface area contributed by atoms with Crippen LogP contribution >= 0.6 is 0 Å². The van der Waals surface area contributed by atoms with Gasteiger partial charge in [-0.2, -0.15) is 0 Å². The van der Waals surface area contributed by atoms with Crippen molar-refractivity contribution in [3.63, 3.8) is 0 Å². The van der Waals surface area contributed by atoms with Crippen LogP contribution in [0, 0.1) is 0 Å². The predicted molar refractivity (Wildman–Crippen MR) is 50.9 cm³/mol. The van der Waals surface area contributed by atoms with E-state index in [2.05, 4.69) is 6.92 Å². The molecule has 1 aliphatic rings. The first kappa shape index (κ1) is 10.0. The lowest BCUT2D eigenvalue weighted by molar-refractivity contribution is -0.934. The van der Waals surface area contributed by atoms with Crippen molar-refractivity contribution in [2.45, 2.75) is 32.6 Å². The van der Waals surface area contributed by atoms with E-state index in [0.29, 0.717) is 0 Å². The molecule has 0 spiro atoms. The summed E-state index contributed by atoms with van der Waals surface area (Å²) >= 11 is 0. The first-order valence-electron chi connectivity index (χ1n) is 5.17. The summed E-state index contributed by atoms with van der Waals surface area (Å²) in [4.78, 5) is 0. The van der Waals surface area contributed by atoms with Gasteiger partial charge in [0.25, 0.3) is 0 Å². The van der Waals surface area contributed by atoms with E-state index < -0.39 is 0 Å². The Morgan fingerprint density at radius 2 is 1.92 bits per heavy atom. The average molecular weight is 172 g/mol. The van der Waals surface area contributed by atoms with Gasteiger partial charge in [0.05, 0.1) is 19.6 Å². The Hall–Kier alpha value is -0.0800. The fourth-order valence-corrected chi connectivity index (χ4v) is 2.19. The summed E-state index contributed by atoms with van der Waals surface area (Å²) in [5.41, 5.74) is 0. The molecule has 0 unspecified atom stereocenters. The van der Waals surface area contributed by atoms with Crippen LogP contribution in [0.25, 0.3) is 0 Å². The highest BCUT2D eigenvalue weighted by Gasteiger charge is 2.30. The summed E-state index contributed by atoms with van der Waals surface area (Å²) in [5, 5.41) is 0. The molecule has 0 aromatic heterocycles. The third-order valence-electron chi connectivity index (χ3n) is 2.90. The number of methoxy groups -OCH3 is 1. The van der Waals surface area contributed by atoms with Crippen LogP contribution in [0.5, 0.6) is 0 Å². The third kappa shape index (κ3) is 2.46. The van der Waals surface area contributed by atoms with Crippen molar-refractivity contribution in [2.75, 3.05) is 33.5 Å². The van der Waals surface area contributed by atoms with Crippen molar-refractivity contribution in [2.24, 2.45) is 0 Å². The highest BCUT2D eigenvalue weighted by Crippen LogP contribution is 2.20. The zero-order valence-electron chi connectivity index (χ0n) is 8.51. The van der Waals surface area contributed by atoms with Gasteiger partial charge in [0, 0.05) is 20.0 Å². The molecule has 72 valence electrons. The smallest absolute Gasteiger partial charge is 0.182 e. The average Bonchev–Trinajstić information content (AvgIpc) is 2.51. The molecule has 2 heteroatoms. The Morgan fingerprint density at radius 3 is 2.42 bits per heavy atom. The zero-order valence-corrected chi connectivity index (χ0v) is 8.51. The second-order valence-electron chi connectivity index (χ2n) is 3.99. The van der Waals surface area contributed by atoms with Gasteiger partial charge in [0.15, 0.2) is 6.73 Å². The van der Waals surface area contributed by atoms with Gasteiger partial charge in [-0.3, -0.25) is 0 Å². The quantitative estimate of drug-likeness (QED) is 0.576. The van der Waals surface area contributed by atoms with Crippen LogP contribution in [-0.4, -0.2) is 38.0 Å². The fraction of sp³-hybridized carbons (Fsp3) is 1.00. The molecular formula is C10H22NO+. The lowest BCUT2D eigenvalue weighted by atomic mass is 10.3. The Bertz CT molecular complexity index is 119. The molecule has 0 aliphatic carbocycles. The van der Waals surface area contributed by atoms with E-state index in [1.807, 2.05) is 7.11 Å². The highest BCUT2D eigenvalue weighted by atomic mass is 16.5. The van der Waals surface area contributed by atoms with E-state index >= 15 is 0 Å². The van der Waals surface area contributed by atoms with Crippen LogP contribution < -0.4 is 0 Å². The van der Waals surface area contributed by atoms with E-state index in [0.717, 1.165) is 6.73 Å². The number of rotatable bonds is 5. The predicted octanol–water partition coefficient (Wildman–Crippen LogP) is 2.00. The molecule has 1 fully saturated rings. The van der Waals surface area contributed by atoms with Crippen LogP contribution in [0.1, 0.15) is 32.6 Å². The fourth-order valence-electron chi connectivity index (χ4n) is 2.19. The van der Waals surface area contributed by atoms with Crippen LogP contribution in [0.15, 0.2) is 0 Å². The number of unbranched alkanes of at least 4 members (excludes halogenated alkanes) is 1. The summed E-state index contributed by atoms with van der Waals surface area (Å²) in [6.07, 6.45) is 5.45. The van der Waals surface area contributed by atoms with Crippen LogP contribution in [0.2, 0.25) is 0 Å². The summed E-state index contributed by atoms with van der Waals surface area (Å²) in [6.45, 7) is 7.20. The molecule has 1 aliphatic heterocycles.